The first-order chi connectivity index (χ1) is 12.8. The summed E-state index contributed by atoms with van der Waals surface area (Å²) < 4.78 is 13.0. The summed E-state index contributed by atoms with van der Waals surface area (Å²) in [5, 5.41) is 0. The van der Waals surface area contributed by atoms with Gasteiger partial charge in [-0.25, -0.2) is 0 Å². The van der Waals surface area contributed by atoms with Crippen molar-refractivity contribution >= 4 is 5.91 Å². The normalized spacial score (nSPS) is 17.8. The number of hydrogen-bond donors (Lipinski definition) is 0. The first-order valence-electron chi connectivity index (χ1n) is 8.72. The molecule has 0 N–H and O–H groups in total. The Bertz CT molecular complexity index is 964. The van der Waals surface area contributed by atoms with E-state index in [4.69, 9.17) is 9.47 Å². The van der Waals surface area contributed by atoms with E-state index in [1.165, 1.54) is 0 Å². The van der Waals surface area contributed by atoms with Gasteiger partial charge in [-0.1, -0.05) is 30.3 Å². The Morgan fingerprint density at radius 3 is 2.65 bits per heavy atom. The molecule has 0 bridgehead atoms. The van der Waals surface area contributed by atoms with Crippen molar-refractivity contribution in [1.29, 1.82) is 0 Å². The van der Waals surface area contributed by atoms with Crippen LogP contribution < -0.4 is 9.47 Å². The zero-order chi connectivity index (χ0) is 17.5. The van der Waals surface area contributed by atoms with Crippen LogP contribution in [0.2, 0.25) is 0 Å². The van der Waals surface area contributed by atoms with Crippen LogP contribution in [0.1, 0.15) is 27.7 Å². The fourth-order valence-electron chi connectivity index (χ4n) is 3.78. The van der Waals surface area contributed by atoms with Gasteiger partial charge in [-0.05, 0) is 35.9 Å². The summed E-state index contributed by atoms with van der Waals surface area (Å²) in [6, 6.07) is 19.6. The highest BCUT2D eigenvalue weighted by atomic mass is 16.7. The number of carbonyl (C=O) groups excluding carboxylic acids is 1. The van der Waals surface area contributed by atoms with E-state index >= 15 is 0 Å². The number of rotatable bonds is 2. The van der Waals surface area contributed by atoms with E-state index < -0.39 is 0 Å². The molecular formula is C21H18N2O3. The van der Waals surface area contributed by atoms with Gasteiger partial charge >= 0.3 is 0 Å². The molecule has 5 rings (SSSR count). The smallest absolute Gasteiger partial charge is 0.254 e. The monoisotopic (exact) mass is 346 g/mol. The summed E-state index contributed by atoms with van der Waals surface area (Å²) in [5.41, 5.74) is 2.87. The van der Waals surface area contributed by atoms with Crippen LogP contribution in [0.3, 0.4) is 0 Å². The van der Waals surface area contributed by atoms with Gasteiger partial charge in [0.1, 0.15) is 0 Å². The summed E-state index contributed by atoms with van der Waals surface area (Å²) in [6.07, 6.45) is 2.08. The van der Waals surface area contributed by atoms with Crippen molar-refractivity contribution in [3.05, 3.63) is 83.7 Å². The molecule has 3 heterocycles. The van der Waals surface area contributed by atoms with Gasteiger partial charge in [-0.2, -0.15) is 0 Å². The van der Waals surface area contributed by atoms with Crippen LogP contribution >= 0.6 is 0 Å². The topological polar surface area (TPSA) is 43.7 Å². The highest BCUT2D eigenvalue weighted by molar-refractivity contribution is 5.95. The molecule has 26 heavy (non-hydrogen) atoms. The van der Waals surface area contributed by atoms with Crippen LogP contribution in [-0.4, -0.2) is 28.7 Å². The van der Waals surface area contributed by atoms with E-state index in [1.807, 2.05) is 35.2 Å². The predicted octanol–water partition coefficient (Wildman–Crippen LogP) is 3.46. The highest BCUT2D eigenvalue weighted by Gasteiger charge is 2.33. The fraction of sp³-hybridized carbons (Fsp3) is 0.190. The number of aromatic nitrogens is 1. The third kappa shape index (κ3) is 2.36. The molecule has 0 spiro atoms. The quantitative estimate of drug-likeness (QED) is 0.714. The Hall–Kier alpha value is -3.21. The third-order valence-corrected chi connectivity index (χ3v) is 5.03. The van der Waals surface area contributed by atoms with E-state index in [2.05, 4.69) is 29.0 Å². The molecule has 1 unspecified atom stereocenters. The summed E-state index contributed by atoms with van der Waals surface area (Å²) in [4.78, 5) is 15.3. The van der Waals surface area contributed by atoms with E-state index in [0.717, 1.165) is 17.8 Å². The lowest BCUT2D eigenvalue weighted by Crippen LogP contribution is -2.42. The van der Waals surface area contributed by atoms with Crippen molar-refractivity contribution in [3.63, 3.8) is 0 Å². The average molecular weight is 346 g/mol. The Morgan fingerprint density at radius 1 is 0.923 bits per heavy atom. The lowest BCUT2D eigenvalue weighted by molar-refractivity contribution is 0.0663. The van der Waals surface area contributed by atoms with Crippen molar-refractivity contribution in [2.75, 3.05) is 13.3 Å². The summed E-state index contributed by atoms with van der Waals surface area (Å²) in [6.45, 7) is 1.66. The van der Waals surface area contributed by atoms with Gasteiger partial charge in [0.05, 0.1) is 6.04 Å². The first kappa shape index (κ1) is 15.1. The average Bonchev–Trinajstić information content (AvgIpc) is 3.35. The Kier molecular flexibility index (Phi) is 3.45. The molecule has 0 radical (unpaired) electrons. The van der Waals surface area contributed by atoms with Crippen LogP contribution in [0.4, 0.5) is 0 Å². The van der Waals surface area contributed by atoms with Crippen molar-refractivity contribution in [1.82, 2.24) is 9.47 Å². The summed E-state index contributed by atoms with van der Waals surface area (Å²) in [7, 11) is 0. The van der Waals surface area contributed by atoms with Crippen molar-refractivity contribution in [2.24, 2.45) is 0 Å². The molecule has 0 fully saturated rings. The van der Waals surface area contributed by atoms with Gasteiger partial charge < -0.3 is 18.9 Å². The molecule has 130 valence electrons. The molecule has 2 aromatic carbocycles. The van der Waals surface area contributed by atoms with Crippen molar-refractivity contribution in [3.8, 4) is 11.5 Å². The highest BCUT2D eigenvalue weighted by Crippen LogP contribution is 2.36. The van der Waals surface area contributed by atoms with Gasteiger partial charge in [-0.15, -0.1) is 0 Å². The lowest BCUT2D eigenvalue weighted by Gasteiger charge is -2.37. The van der Waals surface area contributed by atoms with E-state index in [9.17, 15) is 4.79 Å². The van der Waals surface area contributed by atoms with Gasteiger partial charge in [-0.3, -0.25) is 4.79 Å². The number of ether oxygens (including phenoxy) is 2. The molecule has 1 amide bonds. The Labute approximate surface area is 151 Å². The number of carbonyl (C=O) groups is 1. The third-order valence-electron chi connectivity index (χ3n) is 5.03. The molecule has 3 aromatic rings. The van der Waals surface area contributed by atoms with E-state index in [-0.39, 0.29) is 18.7 Å². The van der Waals surface area contributed by atoms with Crippen LogP contribution in [0.15, 0.2) is 66.9 Å². The van der Waals surface area contributed by atoms with Gasteiger partial charge in [0.25, 0.3) is 5.91 Å². The van der Waals surface area contributed by atoms with E-state index in [0.29, 0.717) is 23.6 Å². The molecule has 5 heteroatoms. The number of nitrogens with zero attached hydrogens (tertiary/aromatic N) is 2. The minimum atomic E-state index is -0.0992. The number of fused-ring (bicyclic) bond motifs is 2. The molecule has 1 atom stereocenters. The molecule has 2 aliphatic heterocycles. The molecule has 0 aliphatic carbocycles. The fourth-order valence-corrected chi connectivity index (χ4v) is 3.78. The second-order valence-corrected chi connectivity index (χ2v) is 6.51. The van der Waals surface area contributed by atoms with Crippen LogP contribution in [0, 0.1) is 0 Å². The number of hydrogen-bond acceptors (Lipinski definition) is 3. The van der Waals surface area contributed by atoms with Crippen LogP contribution in [0.25, 0.3) is 0 Å². The van der Waals surface area contributed by atoms with Crippen molar-refractivity contribution in [2.45, 2.75) is 12.6 Å². The second-order valence-electron chi connectivity index (χ2n) is 6.51. The number of amides is 1. The summed E-state index contributed by atoms with van der Waals surface area (Å²) >= 11 is 0. The zero-order valence-corrected chi connectivity index (χ0v) is 14.2. The molecule has 5 nitrogen and oxygen atoms in total. The molecule has 0 saturated heterocycles. The molecular weight excluding hydrogens is 328 g/mol. The SMILES string of the molecule is O=C(c1ccc2c(c1)OCO2)N1CCn2cccc2C1c1ccccc1. The predicted molar refractivity (Wildman–Crippen MR) is 96.3 cm³/mol. The number of benzene rings is 2. The second kappa shape index (κ2) is 5.95. The maximum Gasteiger partial charge on any atom is 0.254 e. The minimum absolute atomic E-state index is 0.00426. The van der Waals surface area contributed by atoms with Crippen LogP contribution in [-0.2, 0) is 6.54 Å². The molecule has 2 aliphatic rings. The van der Waals surface area contributed by atoms with Gasteiger partial charge in [0, 0.05) is 30.5 Å². The molecule has 0 saturated carbocycles. The van der Waals surface area contributed by atoms with Crippen LogP contribution in [0.5, 0.6) is 11.5 Å². The van der Waals surface area contributed by atoms with Crippen molar-refractivity contribution < 1.29 is 14.3 Å². The van der Waals surface area contributed by atoms with Gasteiger partial charge in [0.15, 0.2) is 11.5 Å². The zero-order valence-electron chi connectivity index (χ0n) is 14.2. The Morgan fingerprint density at radius 2 is 1.77 bits per heavy atom. The Balaban J connectivity index is 1.55. The summed E-state index contributed by atoms with van der Waals surface area (Å²) in [5.74, 6) is 1.32. The maximum absolute atomic E-state index is 13.3. The standard InChI is InChI=1S/C21H18N2O3/c24-21(16-8-9-18-19(13-16)26-14-25-18)23-12-11-22-10-4-7-17(22)20(23)15-5-2-1-3-6-15/h1-10,13,20H,11-12,14H2. The largest absolute Gasteiger partial charge is 0.454 e. The first-order valence-corrected chi connectivity index (χ1v) is 8.72. The van der Waals surface area contributed by atoms with Gasteiger partial charge in [0.2, 0.25) is 6.79 Å². The minimum Gasteiger partial charge on any atom is -0.454 e. The lowest BCUT2D eigenvalue weighted by atomic mass is 9.99. The molecule has 1 aromatic heterocycles. The maximum atomic E-state index is 13.3. The van der Waals surface area contributed by atoms with E-state index in [1.54, 1.807) is 12.1 Å².